The molecule has 0 saturated carbocycles. The second-order valence-corrected chi connectivity index (χ2v) is 7.82. The molecule has 1 aromatic heterocycles. The summed E-state index contributed by atoms with van der Waals surface area (Å²) in [7, 11) is 0. The summed E-state index contributed by atoms with van der Waals surface area (Å²) >= 11 is 2.08. The maximum absolute atomic E-state index is 4.82. The summed E-state index contributed by atoms with van der Waals surface area (Å²) in [5.41, 5.74) is 0. The van der Waals surface area contributed by atoms with Gasteiger partial charge in [-0.1, -0.05) is 0 Å². The number of aliphatic imine (C=N–C) groups is 1. The van der Waals surface area contributed by atoms with Crippen molar-refractivity contribution < 1.29 is 0 Å². The minimum atomic E-state index is 0. The number of rotatable bonds is 5. The SMILES string of the molecule is CCNC(=NCC1CCc2nnc(C)n2C1)NCC1CCCS1.I. The molecule has 1 aromatic rings. The molecule has 24 heavy (non-hydrogen) atoms. The van der Waals surface area contributed by atoms with Gasteiger partial charge in [0.25, 0.3) is 0 Å². The molecule has 0 bridgehead atoms. The van der Waals surface area contributed by atoms with Crippen molar-refractivity contribution in [2.24, 2.45) is 10.9 Å². The fourth-order valence-electron chi connectivity index (χ4n) is 3.26. The molecular weight excluding hydrogens is 435 g/mol. The first kappa shape index (κ1) is 19.8. The van der Waals surface area contributed by atoms with E-state index in [1.807, 2.05) is 6.92 Å². The van der Waals surface area contributed by atoms with Crippen molar-refractivity contribution in [2.75, 3.05) is 25.4 Å². The van der Waals surface area contributed by atoms with Crippen molar-refractivity contribution in [2.45, 2.75) is 51.3 Å². The molecule has 0 spiro atoms. The van der Waals surface area contributed by atoms with E-state index < -0.39 is 0 Å². The van der Waals surface area contributed by atoms with Crippen molar-refractivity contribution in [3.8, 4) is 0 Å². The van der Waals surface area contributed by atoms with Gasteiger partial charge in [0.1, 0.15) is 11.6 Å². The predicted octanol–water partition coefficient (Wildman–Crippen LogP) is 2.22. The molecule has 2 atom stereocenters. The van der Waals surface area contributed by atoms with Gasteiger partial charge in [-0.25, -0.2) is 0 Å². The first-order valence-corrected chi connectivity index (χ1v) is 9.83. The minimum Gasteiger partial charge on any atom is -0.357 e. The summed E-state index contributed by atoms with van der Waals surface area (Å²) in [5.74, 6) is 5.01. The predicted molar refractivity (Wildman–Crippen MR) is 111 cm³/mol. The first-order chi connectivity index (χ1) is 11.3. The van der Waals surface area contributed by atoms with E-state index in [1.165, 1.54) is 18.6 Å². The van der Waals surface area contributed by atoms with Gasteiger partial charge >= 0.3 is 0 Å². The standard InChI is InChI=1S/C16H28N6S.HI/c1-3-17-16(19-10-14-5-4-8-23-14)18-9-13-6-7-15-21-20-12(2)22(15)11-13;/h13-14H,3-11H2,1-2H3,(H2,17,18,19);1H. The van der Waals surface area contributed by atoms with Crippen LogP contribution in [0.4, 0.5) is 0 Å². The topological polar surface area (TPSA) is 67.1 Å². The highest BCUT2D eigenvalue weighted by Crippen LogP contribution is 2.25. The number of fused-ring (bicyclic) bond motifs is 1. The van der Waals surface area contributed by atoms with E-state index in [0.29, 0.717) is 5.92 Å². The Labute approximate surface area is 166 Å². The number of nitrogens with one attached hydrogen (secondary N) is 2. The second-order valence-electron chi connectivity index (χ2n) is 6.41. The number of halogens is 1. The third-order valence-electron chi connectivity index (χ3n) is 4.60. The fourth-order valence-corrected chi connectivity index (χ4v) is 4.46. The summed E-state index contributed by atoms with van der Waals surface area (Å²) in [5, 5.41) is 16.1. The lowest BCUT2D eigenvalue weighted by molar-refractivity contribution is 0.369. The summed E-state index contributed by atoms with van der Waals surface area (Å²) < 4.78 is 2.25. The van der Waals surface area contributed by atoms with E-state index in [1.54, 1.807) is 0 Å². The van der Waals surface area contributed by atoms with Gasteiger partial charge in [-0.15, -0.1) is 34.2 Å². The van der Waals surface area contributed by atoms with Gasteiger partial charge in [0.15, 0.2) is 5.96 Å². The van der Waals surface area contributed by atoms with Crippen LogP contribution < -0.4 is 10.6 Å². The fraction of sp³-hybridized carbons (Fsp3) is 0.812. The molecule has 3 rings (SSSR count). The lowest BCUT2D eigenvalue weighted by atomic mass is 9.99. The summed E-state index contributed by atoms with van der Waals surface area (Å²) in [6.45, 7) is 7.95. The monoisotopic (exact) mass is 464 g/mol. The molecule has 0 aromatic carbocycles. The molecule has 0 radical (unpaired) electrons. The highest BCUT2D eigenvalue weighted by Gasteiger charge is 2.21. The maximum Gasteiger partial charge on any atom is 0.191 e. The van der Waals surface area contributed by atoms with Gasteiger partial charge < -0.3 is 15.2 Å². The summed E-state index contributed by atoms with van der Waals surface area (Å²) in [4.78, 5) is 4.82. The molecule has 0 amide bonds. The van der Waals surface area contributed by atoms with E-state index in [0.717, 1.165) is 61.9 Å². The van der Waals surface area contributed by atoms with Crippen LogP contribution in [0.3, 0.4) is 0 Å². The number of nitrogens with zero attached hydrogens (tertiary/aromatic N) is 4. The summed E-state index contributed by atoms with van der Waals surface area (Å²) in [6.07, 6.45) is 4.85. The second kappa shape index (κ2) is 9.84. The normalized spacial score (nSPS) is 23.5. The smallest absolute Gasteiger partial charge is 0.191 e. The zero-order valence-corrected chi connectivity index (χ0v) is 17.8. The van der Waals surface area contributed by atoms with Crippen LogP contribution >= 0.6 is 35.7 Å². The zero-order valence-electron chi connectivity index (χ0n) is 14.6. The molecule has 8 heteroatoms. The van der Waals surface area contributed by atoms with Crippen LogP contribution in [0.1, 0.15) is 37.8 Å². The quantitative estimate of drug-likeness (QED) is 0.398. The Morgan fingerprint density at radius 3 is 2.96 bits per heavy atom. The van der Waals surface area contributed by atoms with E-state index in [9.17, 15) is 0 Å². The molecule has 136 valence electrons. The zero-order chi connectivity index (χ0) is 16.1. The summed E-state index contributed by atoms with van der Waals surface area (Å²) in [6, 6.07) is 0. The number of guanidine groups is 1. The average Bonchev–Trinajstić information content (AvgIpc) is 3.20. The van der Waals surface area contributed by atoms with Gasteiger partial charge in [0, 0.05) is 37.8 Å². The molecular formula is C16H29IN6S. The van der Waals surface area contributed by atoms with Gasteiger partial charge in [-0.05, 0) is 44.8 Å². The van der Waals surface area contributed by atoms with Crippen LogP contribution in [0.5, 0.6) is 0 Å². The number of aromatic nitrogens is 3. The van der Waals surface area contributed by atoms with E-state index in [2.05, 4.69) is 44.1 Å². The van der Waals surface area contributed by atoms with Crippen LogP contribution in [0, 0.1) is 12.8 Å². The van der Waals surface area contributed by atoms with E-state index in [-0.39, 0.29) is 24.0 Å². The molecule has 3 heterocycles. The van der Waals surface area contributed by atoms with Crippen molar-refractivity contribution in [3.63, 3.8) is 0 Å². The maximum atomic E-state index is 4.82. The van der Waals surface area contributed by atoms with Crippen molar-refractivity contribution >= 4 is 41.7 Å². The Morgan fingerprint density at radius 1 is 1.33 bits per heavy atom. The molecule has 0 aliphatic carbocycles. The van der Waals surface area contributed by atoms with Gasteiger partial charge in [-0.2, -0.15) is 11.8 Å². The Kier molecular flexibility index (Phi) is 8.12. The lowest BCUT2D eigenvalue weighted by Gasteiger charge is -2.23. The van der Waals surface area contributed by atoms with Crippen molar-refractivity contribution in [3.05, 3.63) is 11.6 Å². The van der Waals surface area contributed by atoms with Crippen molar-refractivity contribution in [1.82, 2.24) is 25.4 Å². The lowest BCUT2D eigenvalue weighted by Crippen LogP contribution is -2.40. The van der Waals surface area contributed by atoms with Gasteiger partial charge in [0.2, 0.25) is 0 Å². The highest BCUT2D eigenvalue weighted by atomic mass is 127. The first-order valence-electron chi connectivity index (χ1n) is 8.78. The third-order valence-corrected chi connectivity index (χ3v) is 6.00. The molecule has 2 aliphatic rings. The third kappa shape index (κ3) is 5.24. The Hall–Kier alpha value is -0.510. The van der Waals surface area contributed by atoms with Crippen molar-refractivity contribution in [1.29, 1.82) is 0 Å². The highest BCUT2D eigenvalue weighted by molar-refractivity contribution is 14.0. The van der Waals surface area contributed by atoms with Gasteiger partial charge in [0.05, 0.1) is 0 Å². The molecule has 2 aliphatic heterocycles. The molecule has 2 N–H and O–H groups in total. The largest absolute Gasteiger partial charge is 0.357 e. The Morgan fingerprint density at radius 2 is 2.21 bits per heavy atom. The minimum absolute atomic E-state index is 0. The van der Waals surface area contributed by atoms with Crippen LogP contribution in [0.25, 0.3) is 0 Å². The van der Waals surface area contributed by atoms with Crippen LogP contribution in [-0.2, 0) is 13.0 Å². The molecule has 2 unspecified atom stereocenters. The van der Waals surface area contributed by atoms with Crippen LogP contribution in [0.2, 0.25) is 0 Å². The number of thioether (sulfide) groups is 1. The molecule has 6 nitrogen and oxygen atoms in total. The Bertz CT molecular complexity index is 541. The number of aryl methyl sites for hydroxylation is 2. The number of hydrogen-bond acceptors (Lipinski definition) is 4. The average molecular weight is 464 g/mol. The van der Waals surface area contributed by atoms with Gasteiger partial charge in [-0.3, -0.25) is 4.99 Å². The van der Waals surface area contributed by atoms with E-state index >= 15 is 0 Å². The molecule has 1 fully saturated rings. The molecule has 1 saturated heterocycles. The number of hydrogen-bond donors (Lipinski definition) is 2. The van der Waals surface area contributed by atoms with E-state index in [4.69, 9.17) is 4.99 Å². The Balaban J connectivity index is 0.00000208. The van der Waals surface area contributed by atoms with Crippen LogP contribution in [0.15, 0.2) is 4.99 Å². The van der Waals surface area contributed by atoms with Crippen LogP contribution in [-0.4, -0.2) is 51.4 Å².